The molecule has 0 saturated heterocycles. The highest BCUT2D eigenvalue weighted by atomic mass is 35.5. The molecule has 0 fully saturated rings. The molecule has 1 atom stereocenters. The highest BCUT2D eigenvalue weighted by Crippen LogP contribution is 2.44. The summed E-state index contributed by atoms with van der Waals surface area (Å²) in [5.41, 5.74) is 0.969. The van der Waals surface area contributed by atoms with Gasteiger partial charge in [0.25, 0.3) is 5.56 Å². The first kappa shape index (κ1) is 25.9. The average molecular weight is 586 g/mol. The number of hydrogen-bond acceptors (Lipinski definition) is 6. The Kier molecular flexibility index (Phi) is 7.18. The SMILES string of the molecule is O=C(O)c1sc(C(c2ccc(Cl)cc2)c2c(Cl)cc(-n3ncc(=O)[nH]c3=O)cc2Cl)nc1-c1ccccc1. The van der Waals surface area contributed by atoms with Crippen LogP contribution in [0, 0.1) is 0 Å². The second kappa shape index (κ2) is 10.5. The number of rotatable bonds is 6. The van der Waals surface area contributed by atoms with Crippen molar-refractivity contribution in [3.63, 3.8) is 0 Å². The molecule has 0 spiro atoms. The van der Waals surface area contributed by atoms with E-state index in [2.05, 4.69) is 10.1 Å². The number of H-pyrrole nitrogens is 1. The van der Waals surface area contributed by atoms with Crippen LogP contribution in [0.15, 0.2) is 82.5 Å². The van der Waals surface area contributed by atoms with Gasteiger partial charge in [-0.2, -0.15) is 9.78 Å². The first-order valence-electron chi connectivity index (χ1n) is 11.0. The van der Waals surface area contributed by atoms with Gasteiger partial charge in [-0.1, -0.05) is 77.3 Å². The topological polar surface area (TPSA) is 118 Å². The molecule has 5 aromatic rings. The van der Waals surface area contributed by atoms with E-state index in [1.807, 2.05) is 6.07 Å². The molecule has 0 aliphatic rings. The summed E-state index contributed by atoms with van der Waals surface area (Å²) in [5, 5.41) is 15.1. The van der Waals surface area contributed by atoms with E-state index in [1.54, 1.807) is 48.5 Å². The smallest absolute Gasteiger partial charge is 0.349 e. The summed E-state index contributed by atoms with van der Waals surface area (Å²) >= 11 is 20.7. The molecular formula is C26H15Cl3N4O4S. The second-order valence-corrected chi connectivity index (χ2v) is 10.3. The molecule has 3 aromatic carbocycles. The van der Waals surface area contributed by atoms with E-state index in [0.29, 0.717) is 26.9 Å². The Morgan fingerprint density at radius 1 is 0.974 bits per heavy atom. The largest absolute Gasteiger partial charge is 0.477 e. The molecule has 190 valence electrons. The Balaban J connectivity index is 1.73. The van der Waals surface area contributed by atoms with Crippen LogP contribution in [0.1, 0.15) is 31.7 Å². The summed E-state index contributed by atoms with van der Waals surface area (Å²) in [6.45, 7) is 0. The molecule has 2 aromatic heterocycles. The fourth-order valence-electron chi connectivity index (χ4n) is 3.99. The fourth-order valence-corrected chi connectivity index (χ4v) is 5.88. The maximum Gasteiger partial charge on any atom is 0.349 e. The fraction of sp³-hybridized carbons (Fsp3) is 0.0385. The number of hydrogen-bond donors (Lipinski definition) is 2. The zero-order chi connectivity index (χ0) is 27.0. The molecule has 2 heterocycles. The van der Waals surface area contributed by atoms with Crippen LogP contribution in [-0.2, 0) is 0 Å². The minimum Gasteiger partial charge on any atom is -0.477 e. The monoisotopic (exact) mass is 584 g/mol. The van der Waals surface area contributed by atoms with Gasteiger partial charge in [0.15, 0.2) is 0 Å². The van der Waals surface area contributed by atoms with Crippen molar-refractivity contribution in [2.75, 3.05) is 0 Å². The van der Waals surface area contributed by atoms with E-state index in [9.17, 15) is 19.5 Å². The molecule has 0 saturated carbocycles. The van der Waals surface area contributed by atoms with Gasteiger partial charge in [0.1, 0.15) is 16.1 Å². The number of carbonyl (C=O) groups is 1. The molecule has 1 unspecified atom stereocenters. The number of nitrogens with zero attached hydrogens (tertiary/aromatic N) is 3. The quantitative estimate of drug-likeness (QED) is 0.257. The van der Waals surface area contributed by atoms with Crippen LogP contribution >= 0.6 is 46.1 Å². The number of thiazole rings is 1. The first-order valence-corrected chi connectivity index (χ1v) is 12.9. The highest BCUT2D eigenvalue weighted by Gasteiger charge is 2.29. The van der Waals surface area contributed by atoms with Gasteiger partial charge in [0.2, 0.25) is 0 Å². The zero-order valence-corrected chi connectivity index (χ0v) is 22.1. The third-order valence-corrected chi connectivity index (χ3v) is 7.63. The molecule has 2 N–H and O–H groups in total. The van der Waals surface area contributed by atoms with Crippen molar-refractivity contribution in [1.29, 1.82) is 0 Å². The molecule has 0 aliphatic carbocycles. The van der Waals surface area contributed by atoms with Gasteiger partial charge in [0, 0.05) is 26.2 Å². The molecule has 0 amide bonds. The van der Waals surface area contributed by atoms with Crippen molar-refractivity contribution in [3.8, 4) is 16.9 Å². The molecule has 12 heteroatoms. The van der Waals surface area contributed by atoms with Gasteiger partial charge in [-0.05, 0) is 29.8 Å². The molecule has 0 bridgehead atoms. The van der Waals surface area contributed by atoms with E-state index in [4.69, 9.17) is 39.8 Å². The van der Waals surface area contributed by atoms with E-state index in [-0.39, 0.29) is 20.6 Å². The van der Waals surface area contributed by atoms with Gasteiger partial charge in [0.05, 0.1) is 17.3 Å². The number of carboxylic acid groups (broad SMARTS) is 1. The van der Waals surface area contributed by atoms with Crippen LogP contribution in [0.3, 0.4) is 0 Å². The van der Waals surface area contributed by atoms with Crippen molar-refractivity contribution < 1.29 is 9.90 Å². The Morgan fingerprint density at radius 3 is 2.24 bits per heavy atom. The summed E-state index contributed by atoms with van der Waals surface area (Å²) in [6, 6.07) is 18.9. The van der Waals surface area contributed by atoms with Crippen molar-refractivity contribution in [3.05, 3.63) is 130 Å². The van der Waals surface area contributed by atoms with Gasteiger partial charge < -0.3 is 5.11 Å². The molecule has 0 aliphatic heterocycles. The predicted octanol–water partition coefficient (Wildman–Crippen LogP) is 5.88. The molecule has 0 radical (unpaired) electrons. The van der Waals surface area contributed by atoms with E-state index in [0.717, 1.165) is 27.8 Å². The van der Waals surface area contributed by atoms with Gasteiger partial charge >= 0.3 is 11.7 Å². The molecule has 38 heavy (non-hydrogen) atoms. The summed E-state index contributed by atoms with van der Waals surface area (Å²) in [6.07, 6.45) is 0.960. The maximum absolute atomic E-state index is 12.3. The number of halogens is 3. The maximum atomic E-state index is 12.3. The standard InChI is InChI=1S/C26H15Cl3N4O4S/c27-15-8-6-13(7-9-15)20(24-32-22(23(38-24)25(35)36)14-4-2-1-3-5-14)21-17(28)10-16(11-18(21)29)33-26(37)31-19(34)12-30-33/h1-12,20H,(H,35,36)(H,31,34,37). The number of aromatic amines is 1. The minimum absolute atomic E-state index is 0.0676. The van der Waals surface area contributed by atoms with Crippen LogP contribution in [-0.4, -0.2) is 30.8 Å². The molecular weight excluding hydrogens is 571 g/mol. The summed E-state index contributed by atoms with van der Waals surface area (Å²) < 4.78 is 0.958. The van der Waals surface area contributed by atoms with Crippen molar-refractivity contribution in [1.82, 2.24) is 19.7 Å². The summed E-state index contributed by atoms with van der Waals surface area (Å²) in [5.74, 6) is -1.78. The van der Waals surface area contributed by atoms with Crippen LogP contribution < -0.4 is 11.2 Å². The third kappa shape index (κ3) is 5.01. The number of carboxylic acids is 1. The van der Waals surface area contributed by atoms with Crippen LogP contribution in [0.4, 0.5) is 0 Å². The molecule has 8 nitrogen and oxygen atoms in total. The van der Waals surface area contributed by atoms with Crippen molar-refractivity contribution in [2.24, 2.45) is 0 Å². The highest BCUT2D eigenvalue weighted by molar-refractivity contribution is 7.14. The Labute approximate surface area is 233 Å². The lowest BCUT2D eigenvalue weighted by molar-refractivity contribution is 0.0702. The van der Waals surface area contributed by atoms with Gasteiger partial charge in [-0.15, -0.1) is 11.3 Å². The molecule has 5 rings (SSSR count). The minimum atomic E-state index is -1.11. The zero-order valence-electron chi connectivity index (χ0n) is 19.1. The lowest BCUT2D eigenvalue weighted by Gasteiger charge is -2.20. The van der Waals surface area contributed by atoms with Crippen molar-refractivity contribution in [2.45, 2.75) is 5.92 Å². The number of nitrogens with one attached hydrogen (secondary N) is 1. The van der Waals surface area contributed by atoms with E-state index < -0.39 is 23.1 Å². The third-order valence-electron chi connectivity index (χ3n) is 5.65. The van der Waals surface area contributed by atoms with E-state index in [1.165, 1.54) is 12.1 Å². The van der Waals surface area contributed by atoms with Gasteiger partial charge in [-0.3, -0.25) is 9.78 Å². The Hall–Kier alpha value is -3.76. The number of aromatic nitrogens is 4. The van der Waals surface area contributed by atoms with Crippen molar-refractivity contribution >= 4 is 52.1 Å². The lowest BCUT2D eigenvalue weighted by Crippen LogP contribution is -2.30. The summed E-state index contributed by atoms with van der Waals surface area (Å²) in [7, 11) is 0. The lowest BCUT2D eigenvalue weighted by atomic mass is 9.91. The average Bonchev–Trinajstić information content (AvgIpc) is 3.33. The Bertz CT molecular complexity index is 1760. The van der Waals surface area contributed by atoms with Crippen LogP contribution in [0.5, 0.6) is 0 Å². The normalized spacial score (nSPS) is 11.9. The second-order valence-electron chi connectivity index (χ2n) is 8.06. The predicted molar refractivity (Wildman–Crippen MR) is 147 cm³/mol. The Morgan fingerprint density at radius 2 is 1.63 bits per heavy atom. The number of benzene rings is 3. The first-order chi connectivity index (χ1) is 18.2. The number of aromatic carboxylic acids is 1. The van der Waals surface area contributed by atoms with Crippen LogP contribution in [0.2, 0.25) is 15.1 Å². The van der Waals surface area contributed by atoms with E-state index >= 15 is 0 Å². The summed E-state index contributed by atoms with van der Waals surface area (Å²) in [4.78, 5) is 42.8. The van der Waals surface area contributed by atoms with Crippen LogP contribution in [0.25, 0.3) is 16.9 Å². The van der Waals surface area contributed by atoms with Gasteiger partial charge in [-0.25, -0.2) is 14.6 Å².